The maximum atomic E-state index is 12.8. The fraction of sp³-hybridized carbons (Fsp3) is 0.548. The second-order valence-corrected chi connectivity index (χ2v) is 20.5. The van der Waals surface area contributed by atoms with Crippen molar-refractivity contribution in [1.29, 1.82) is 0 Å². The van der Waals surface area contributed by atoms with Crippen molar-refractivity contribution in [1.82, 2.24) is 30.2 Å². The van der Waals surface area contributed by atoms with Gasteiger partial charge in [0.2, 0.25) is 11.8 Å². The van der Waals surface area contributed by atoms with E-state index in [9.17, 15) is 67.5 Å². The first kappa shape index (κ1) is 51.2. The zero-order valence-electron chi connectivity index (χ0n) is 32.9. The summed E-state index contributed by atoms with van der Waals surface area (Å²) in [7, 11) is -16.5. The molecule has 0 spiro atoms. The number of nitrogens with one attached hydrogen (secondary N) is 2. The topological polar surface area (TPSA) is 398 Å². The largest absolute Gasteiger partial charge is 0.481 e. The lowest BCUT2D eigenvalue weighted by Gasteiger charge is -2.30. The van der Waals surface area contributed by atoms with Gasteiger partial charge in [-0.05, 0) is 18.4 Å². The SMILES string of the molecule is CC(C)(COP(=O)(O)OP(=O)(O)OCC1OC(C)(n2cnc3c(N)ncnc32)C(O)C1OP(=O)(O)O)C(O)C(=O)NCCC(=O)NCCSC(=O)CC(=O)CC(=O)c1cccs1. The standard InChI is InChI=1S/C31H44N7O19P3S2/c1-30(2,26(44)29(45)34-7-6-21(41)33-8-10-62-22(42)12-17(39)11-18(40)20-5-4-9-61-20)14-54-60(51,52)57-59(49,50)53-13-19-24(56-58(46,47)48)25(43)31(3,55-19)38-16-37-23-27(32)35-15-36-28(23)38/h4-5,9,15-16,19,24-26,43-44H,6-8,10-14H2,1-3H3,(H,33,41)(H,34,45)(H,49,50)(H,51,52)(H2,32,35,36)(H2,46,47,48). The Kier molecular flexibility index (Phi) is 17.4. The fourth-order valence-electron chi connectivity index (χ4n) is 5.59. The molecule has 3 aromatic heterocycles. The third-order valence-electron chi connectivity index (χ3n) is 8.75. The van der Waals surface area contributed by atoms with E-state index in [1.807, 2.05) is 0 Å². The van der Waals surface area contributed by atoms with E-state index in [0.29, 0.717) is 4.88 Å². The number of nitrogens with two attached hydrogens (primary N) is 1. The molecule has 0 aliphatic carbocycles. The van der Waals surface area contributed by atoms with E-state index in [1.165, 1.54) is 32.1 Å². The minimum Gasteiger partial charge on any atom is -0.385 e. The third-order valence-corrected chi connectivity index (χ3v) is 13.6. The number of hydrogen-bond acceptors (Lipinski definition) is 21. The van der Waals surface area contributed by atoms with Crippen LogP contribution in [0.5, 0.6) is 0 Å². The summed E-state index contributed by atoms with van der Waals surface area (Å²) in [6.45, 7) is 1.34. The molecule has 7 atom stereocenters. The van der Waals surface area contributed by atoms with Crippen LogP contribution in [0.4, 0.5) is 5.82 Å². The Labute approximate surface area is 359 Å². The lowest BCUT2D eigenvalue weighted by atomic mass is 9.87. The number of rotatable bonds is 24. The van der Waals surface area contributed by atoms with Gasteiger partial charge in [0.05, 0.1) is 37.3 Å². The molecule has 62 heavy (non-hydrogen) atoms. The first-order chi connectivity index (χ1) is 28.7. The summed E-state index contributed by atoms with van der Waals surface area (Å²) in [5.74, 6) is -2.41. The van der Waals surface area contributed by atoms with E-state index in [-0.39, 0.29) is 48.0 Å². The number of amides is 2. The summed E-state index contributed by atoms with van der Waals surface area (Å²) in [5.41, 5.74) is 2.21. The van der Waals surface area contributed by atoms with E-state index in [0.717, 1.165) is 29.0 Å². The number of carbonyl (C=O) groups is 5. The van der Waals surface area contributed by atoms with Gasteiger partial charge < -0.3 is 50.9 Å². The minimum atomic E-state index is -5.62. The number of anilines is 1. The van der Waals surface area contributed by atoms with Gasteiger partial charge >= 0.3 is 23.5 Å². The molecule has 31 heteroatoms. The quantitative estimate of drug-likeness (QED) is 0.0249. The Balaban J connectivity index is 1.20. The minimum absolute atomic E-state index is 0.00553. The third kappa shape index (κ3) is 14.3. The number of thiophene rings is 1. The normalized spacial score (nSPS) is 21.8. The summed E-state index contributed by atoms with van der Waals surface area (Å²) in [6, 6.07) is 3.25. The monoisotopic (exact) mass is 975 g/mol. The number of aliphatic hydroxyl groups excluding tert-OH is 2. The molecular weight excluding hydrogens is 931 g/mol. The predicted molar refractivity (Wildman–Crippen MR) is 215 cm³/mol. The highest BCUT2D eigenvalue weighted by Gasteiger charge is 2.57. The van der Waals surface area contributed by atoms with Crippen LogP contribution in [0.3, 0.4) is 0 Å². The van der Waals surface area contributed by atoms with Crippen LogP contribution in [-0.4, -0.2) is 134 Å². The van der Waals surface area contributed by atoms with Crippen LogP contribution in [0.2, 0.25) is 0 Å². The Morgan fingerprint density at radius 2 is 1.74 bits per heavy atom. The highest BCUT2D eigenvalue weighted by Crippen LogP contribution is 2.61. The number of phosphoric ester groups is 3. The second kappa shape index (κ2) is 21.1. The lowest BCUT2D eigenvalue weighted by molar-refractivity contribution is -0.137. The van der Waals surface area contributed by atoms with Crippen LogP contribution in [0.25, 0.3) is 11.2 Å². The molecule has 1 aliphatic rings. The van der Waals surface area contributed by atoms with Crippen LogP contribution in [0.15, 0.2) is 30.2 Å². The summed E-state index contributed by atoms with van der Waals surface area (Å²) >= 11 is 1.98. The highest BCUT2D eigenvalue weighted by atomic mass is 32.2. The van der Waals surface area contributed by atoms with Crippen LogP contribution in [0, 0.1) is 5.41 Å². The van der Waals surface area contributed by atoms with Gasteiger partial charge in [0.1, 0.15) is 42.0 Å². The predicted octanol–water partition coefficient (Wildman–Crippen LogP) is 0.133. The Hall–Kier alpha value is -3.40. The van der Waals surface area contributed by atoms with Crippen LogP contribution in [-0.2, 0) is 61.2 Å². The van der Waals surface area contributed by atoms with Crippen molar-refractivity contribution in [3.8, 4) is 0 Å². The van der Waals surface area contributed by atoms with Gasteiger partial charge in [0.15, 0.2) is 28.1 Å². The maximum absolute atomic E-state index is 12.8. The van der Waals surface area contributed by atoms with E-state index >= 15 is 0 Å². The number of carbonyl (C=O) groups excluding carboxylic acids is 5. The van der Waals surface area contributed by atoms with E-state index in [1.54, 1.807) is 17.5 Å². The van der Waals surface area contributed by atoms with Crippen LogP contribution < -0.4 is 16.4 Å². The summed E-state index contributed by atoms with van der Waals surface area (Å²) in [5, 5.41) is 27.8. The lowest BCUT2D eigenvalue weighted by Crippen LogP contribution is -2.46. The van der Waals surface area contributed by atoms with E-state index in [4.69, 9.17) is 24.0 Å². The van der Waals surface area contributed by atoms with Gasteiger partial charge in [-0.25, -0.2) is 28.6 Å². The number of thioether (sulfide) groups is 1. The molecule has 4 heterocycles. The zero-order valence-corrected chi connectivity index (χ0v) is 37.2. The van der Waals surface area contributed by atoms with Gasteiger partial charge in [0.25, 0.3) is 0 Å². The number of hydrogen-bond donors (Lipinski definition) is 9. The van der Waals surface area contributed by atoms with Crippen molar-refractivity contribution < 1.29 is 90.1 Å². The van der Waals surface area contributed by atoms with Gasteiger partial charge in [-0.2, -0.15) is 4.31 Å². The average molecular weight is 976 g/mol. The number of nitrogen functional groups attached to an aromatic ring is 1. The molecular formula is C31H44N7O19P3S2. The van der Waals surface area contributed by atoms with Crippen LogP contribution >= 0.6 is 46.6 Å². The van der Waals surface area contributed by atoms with Gasteiger partial charge in [-0.1, -0.05) is 31.7 Å². The average Bonchev–Trinajstić information content (AvgIpc) is 3.92. The molecule has 3 aromatic rings. The van der Waals surface area contributed by atoms with E-state index < -0.39 is 108 Å². The number of ether oxygens (including phenoxy) is 1. The van der Waals surface area contributed by atoms with Crippen molar-refractivity contribution >= 4 is 92.0 Å². The summed E-state index contributed by atoms with van der Waals surface area (Å²) < 4.78 is 62.7. The molecule has 1 fully saturated rings. The molecule has 1 aliphatic heterocycles. The molecule has 0 bridgehead atoms. The molecule has 0 saturated carbocycles. The van der Waals surface area contributed by atoms with Crippen molar-refractivity contribution in [2.45, 2.75) is 70.2 Å². The maximum Gasteiger partial charge on any atom is 0.481 e. The summed E-state index contributed by atoms with van der Waals surface area (Å²) in [4.78, 5) is 113. The molecule has 0 aromatic carbocycles. The van der Waals surface area contributed by atoms with E-state index in [2.05, 4.69) is 29.9 Å². The molecule has 7 unspecified atom stereocenters. The molecule has 1 saturated heterocycles. The molecule has 26 nitrogen and oxygen atoms in total. The van der Waals surface area contributed by atoms with Crippen LogP contribution in [0.1, 0.15) is 49.7 Å². The number of aliphatic hydroxyl groups is 2. The Morgan fingerprint density at radius 1 is 1.05 bits per heavy atom. The zero-order chi connectivity index (χ0) is 46.3. The number of fused-ring (bicyclic) bond motifs is 1. The number of nitrogens with zero attached hydrogens (tertiary/aromatic N) is 4. The molecule has 2 amide bonds. The van der Waals surface area contributed by atoms with Gasteiger partial charge in [-0.15, -0.1) is 11.3 Å². The summed E-state index contributed by atoms with van der Waals surface area (Å²) in [6.07, 6.45) is -6.56. The first-order valence-electron chi connectivity index (χ1n) is 17.9. The first-order valence-corrected chi connectivity index (χ1v) is 24.3. The molecule has 4 rings (SSSR count). The Morgan fingerprint density at radius 3 is 2.40 bits per heavy atom. The fourth-order valence-corrected chi connectivity index (χ4v) is 9.76. The molecule has 10 N–H and O–H groups in total. The van der Waals surface area contributed by atoms with Crippen molar-refractivity contribution in [3.05, 3.63) is 35.0 Å². The molecule has 0 radical (unpaired) electrons. The molecule has 344 valence electrons. The van der Waals surface area contributed by atoms with Crippen molar-refractivity contribution in [3.63, 3.8) is 0 Å². The number of ketones is 2. The number of Topliss-reactive ketones (excluding diaryl/α,β-unsaturated/α-hetero) is 2. The van der Waals surface area contributed by atoms with Gasteiger partial charge in [-0.3, -0.25) is 42.1 Å². The second-order valence-electron chi connectivity index (χ2n) is 14.1. The smallest absolute Gasteiger partial charge is 0.385 e. The number of imidazole rings is 1. The van der Waals surface area contributed by atoms with Gasteiger partial charge in [0, 0.05) is 30.7 Å². The number of aromatic nitrogens is 4. The highest BCUT2D eigenvalue weighted by molar-refractivity contribution is 8.13. The van der Waals surface area contributed by atoms with Crippen molar-refractivity contribution in [2.24, 2.45) is 5.41 Å². The number of phosphoric acid groups is 3. The Bertz CT molecular complexity index is 2260. The van der Waals surface area contributed by atoms with Crippen molar-refractivity contribution in [2.75, 3.05) is 37.8 Å².